The summed E-state index contributed by atoms with van der Waals surface area (Å²) in [5.41, 5.74) is 1.41. The van der Waals surface area contributed by atoms with Gasteiger partial charge in [0.1, 0.15) is 0 Å². The minimum absolute atomic E-state index is 0.122. The van der Waals surface area contributed by atoms with Gasteiger partial charge in [-0.1, -0.05) is 48.5 Å². The Bertz CT molecular complexity index is 1210. The van der Waals surface area contributed by atoms with Crippen LogP contribution in [0, 0.1) is 0 Å². The number of pyridine rings is 1. The molecule has 0 aliphatic carbocycles. The second kappa shape index (κ2) is 6.66. The van der Waals surface area contributed by atoms with E-state index in [1.165, 1.54) is 24.4 Å². The van der Waals surface area contributed by atoms with Gasteiger partial charge in [0, 0.05) is 11.6 Å². The van der Waals surface area contributed by atoms with E-state index in [1.807, 2.05) is 18.2 Å². The summed E-state index contributed by atoms with van der Waals surface area (Å²) in [7, 11) is -5.69. The van der Waals surface area contributed by atoms with Crippen molar-refractivity contribution in [2.45, 2.75) is 4.90 Å². The molecular weight excluding hydrogens is 363 g/mol. The molecule has 0 amide bonds. The van der Waals surface area contributed by atoms with E-state index >= 15 is 0 Å². The Morgan fingerprint density at radius 1 is 0.889 bits per heavy atom. The summed E-state index contributed by atoms with van der Waals surface area (Å²) in [6.45, 7) is 0. The van der Waals surface area contributed by atoms with E-state index in [1.54, 1.807) is 36.4 Å². The molecular formula is C19H15BN2O4S. The SMILES string of the molecule is O=S(=O)(c1ccccc1)n1c(-c2ccccc2)cc2c(B(O)O)ccnc21. The first-order valence-electron chi connectivity index (χ1n) is 8.22. The van der Waals surface area contributed by atoms with Crippen molar-refractivity contribution < 1.29 is 18.5 Å². The molecule has 0 saturated carbocycles. The molecule has 0 aliphatic rings. The Morgan fingerprint density at radius 2 is 1.52 bits per heavy atom. The van der Waals surface area contributed by atoms with Crippen molar-refractivity contribution in [2.24, 2.45) is 0 Å². The van der Waals surface area contributed by atoms with Crippen molar-refractivity contribution in [3.63, 3.8) is 0 Å². The zero-order valence-electron chi connectivity index (χ0n) is 14.1. The quantitative estimate of drug-likeness (QED) is 0.527. The molecule has 0 bridgehead atoms. The van der Waals surface area contributed by atoms with Crippen LogP contribution in [0.4, 0.5) is 0 Å². The van der Waals surface area contributed by atoms with Gasteiger partial charge in [-0.25, -0.2) is 17.4 Å². The Morgan fingerprint density at radius 3 is 2.15 bits per heavy atom. The van der Waals surface area contributed by atoms with Gasteiger partial charge in [-0.2, -0.15) is 0 Å². The summed E-state index contributed by atoms with van der Waals surface area (Å²) in [5.74, 6) is 0. The van der Waals surface area contributed by atoms with Crippen molar-refractivity contribution in [3.05, 3.63) is 79.0 Å². The first kappa shape index (κ1) is 17.5. The average molecular weight is 378 g/mol. The maximum atomic E-state index is 13.4. The van der Waals surface area contributed by atoms with Crippen LogP contribution in [0.5, 0.6) is 0 Å². The summed E-state index contributed by atoms with van der Waals surface area (Å²) >= 11 is 0. The predicted octanol–water partition coefficient (Wildman–Crippen LogP) is 1.62. The maximum Gasteiger partial charge on any atom is 0.489 e. The molecule has 134 valence electrons. The third kappa shape index (κ3) is 2.93. The smallest absolute Gasteiger partial charge is 0.423 e. The first-order chi connectivity index (χ1) is 13.0. The molecule has 8 heteroatoms. The highest BCUT2D eigenvalue weighted by molar-refractivity contribution is 7.90. The van der Waals surface area contributed by atoms with Crippen LogP contribution in [0.15, 0.2) is 83.9 Å². The van der Waals surface area contributed by atoms with Gasteiger partial charge < -0.3 is 10.0 Å². The molecule has 0 radical (unpaired) electrons. The first-order valence-corrected chi connectivity index (χ1v) is 9.66. The summed E-state index contributed by atoms with van der Waals surface area (Å²) < 4.78 is 27.9. The third-order valence-corrected chi connectivity index (χ3v) is 6.04. The van der Waals surface area contributed by atoms with Gasteiger partial charge in [0.2, 0.25) is 0 Å². The van der Waals surface area contributed by atoms with Crippen LogP contribution < -0.4 is 5.46 Å². The van der Waals surface area contributed by atoms with E-state index in [4.69, 9.17) is 0 Å². The van der Waals surface area contributed by atoms with Gasteiger partial charge in [-0.05, 0) is 35.3 Å². The molecule has 4 aromatic rings. The normalized spacial score (nSPS) is 11.6. The molecule has 0 aliphatic heterocycles. The van der Waals surface area contributed by atoms with Gasteiger partial charge in [0.15, 0.2) is 5.65 Å². The molecule has 0 atom stereocenters. The monoisotopic (exact) mass is 378 g/mol. The molecule has 2 N–H and O–H groups in total. The van der Waals surface area contributed by atoms with E-state index in [0.717, 1.165) is 3.97 Å². The Balaban J connectivity index is 2.11. The summed E-state index contributed by atoms with van der Waals surface area (Å²) in [4.78, 5) is 4.35. The lowest BCUT2D eigenvalue weighted by molar-refractivity contribution is 0.426. The lowest BCUT2D eigenvalue weighted by Crippen LogP contribution is -2.30. The minimum Gasteiger partial charge on any atom is -0.423 e. The highest BCUT2D eigenvalue weighted by Gasteiger charge is 2.27. The van der Waals surface area contributed by atoms with E-state index in [0.29, 0.717) is 16.6 Å². The fourth-order valence-electron chi connectivity index (χ4n) is 3.07. The maximum absolute atomic E-state index is 13.4. The van der Waals surface area contributed by atoms with Gasteiger partial charge in [0.25, 0.3) is 10.0 Å². The average Bonchev–Trinajstić information content (AvgIpc) is 3.09. The van der Waals surface area contributed by atoms with E-state index in [-0.39, 0.29) is 16.0 Å². The minimum atomic E-state index is -3.95. The third-order valence-electron chi connectivity index (χ3n) is 4.32. The second-order valence-electron chi connectivity index (χ2n) is 5.99. The molecule has 0 spiro atoms. The number of nitrogens with zero attached hydrogens (tertiary/aromatic N) is 2. The van der Waals surface area contributed by atoms with Crippen molar-refractivity contribution >= 4 is 33.6 Å². The zero-order valence-corrected chi connectivity index (χ0v) is 14.9. The van der Waals surface area contributed by atoms with Gasteiger partial charge >= 0.3 is 7.12 Å². The van der Waals surface area contributed by atoms with Crippen LogP contribution in [-0.2, 0) is 10.0 Å². The molecule has 4 rings (SSSR count). The highest BCUT2D eigenvalue weighted by Crippen LogP contribution is 2.30. The van der Waals surface area contributed by atoms with Gasteiger partial charge in [0.05, 0.1) is 10.6 Å². The predicted molar refractivity (Wildman–Crippen MR) is 104 cm³/mol. The standard InChI is InChI=1S/C19H15BN2O4S/c23-20(24)17-11-12-21-19-16(17)13-18(14-7-3-1-4-8-14)22(19)27(25,26)15-9-5-2-6-10-15/h1-13,23-24H. The number of rotatable bonds is 4. The van der Waals surface area contributed by atoms with Crippen LogP contribution in [0.25, 0.3) is 22.3 Å². The van der Waals surface area contributed by atoms with E-state index in [2.05, 4.69) is 4.98 Å². The van der Waals surface area contributed by atoms with Crippen LogP contribution in [0.2, 0.25) is 0 Å². The van der Waals surface area contributed by atoms with Gasteiger partial charge in [-0.15, -0.1) is 0 Å². The second-order valence-corrected chi connectivity index (χ2v) is 7.78. The summed E-state index contributed by atoms with van der Waals surface area (Å²) in [6, 6.07) is 20.2. The van der Waals surface area contributed by atoms with Crippen LogP contribution in [0.3, 0.4) is 0 Å². The van der Waals surface area contributed by atoms with E-state index < -0.39 is 17.1 Å². The summed E-state index contributed by atoms with van der Waals surface area (Å²) in [6.07, 6.45) is 1.36. The lowest BCUT2D eigenvalue weighted by Gasteiger charge is -2.11. The lowest BCUT2D eigenvalue weighted by atomic mass is 9.79. The van der Waals surface area contributed by atoms with Crippen molar-refractivity contribution in [1.29, 1.82) is 0 Å². The number of hydrogen-bond acceptors (Lipinski definition) is 5. The number of hydrogen-bond donors (Lipinski definition) is 2. The highest BCUT2D eigenvalue weighted by atomic mass is 32.2. The molecule has 2 aromatic carbocycles. The molecule has 0 unspecified atom stereocenters. The molecule has 2 aromatic heterocycles. The summed E-state index contributed by atoms with van der Waals surface area (Å²) in [5, 5.41) is 19.7. The van der Waals surface area contributed by atoms with Crippen molar-refractivity contribution in [1.82, 2.24) is 8.96 Å². The molecule has 6 nitrogen and oxygen atoms in total. The molecule has 0 fully saturated rings. The fourth-order valence-corrected chi connectivity index (χ4v) is 4.57. The number of aromatic nitrogens is 2. The number of benzene rings is 2. The topological polar surface area (TPSA) is 92.4 Å². The zero-order chi connectivity index (χ0) is 19.0. The Kier molecular flexibility index (Phi) is 4.31. The van der Waals surface area contributed by atoms with Crippen LogP contribution in [0.1, 0.15) is 0 Å². The number of fused-ring (bicyclic) bond motifs is 1. The molecule has 0 saturated heterocycles. The van der Waals surface area contributed by atoms with Gasteiger partial charge in [-0.3, -0.25) is 0 Å². The molecule has 27 heavy (non-hydrogen) atoms. The molecule has 2 heterocycles. The Labute approximate surface area is 156 Å². The fraction of sp³-hybridized carbons (Fsp3) is 0. The van der Waals surface area contributed by atoms with Crippen molar-refractivity contribution in [2.75, 3.05) is 0 Å². The van der Waals surface area contributed by atoms with Crippen LogP contribution in [-0.4, -0.2) is 34.5 Å². The largest absolute Gasteiger partial charge is 0.489 e. The van der Waals surface area contributed by atoms with Crippen molar-refractivity contribution in [3.8, 4) is 11.3 Å². The van der Waals surface area contributed by atoms with E-state index in [9.17, 15) is 18.5 Å². The van der Waals surface area contributed by atoms with Crippen LogP contribution >= 0.6 is 0 Å². The Hall–Kier alpha value is -2.94.